The molecule has 0 radical (unpaired) electrons. The van der Waals surface area contributed by atoms with Gasteiger partial charge in [0, 0.05) is 0 Å². The second-order valence-electron chi connectivity index (χ2n) is 5.18. The van der Waals surface area contributed by atoms with Crippen LogP contribution in [-0.4, -0.2) is 21.3 Å². The number of hydrogen-bond donors (Lipinski definition) is 0. The van der Waals surface area contributed by atoms with Gasteiger partial charge in [-0.15, -0.1) is 0 Å². The van der Waals surface area contributed by atoms with Crippen LogP contribution in [0.4, 0.5) is 5.69 Å². The van der Waals surface area contributed by atoms with Gasteiger partial charge in [-0.2, -0.15) is 0 Å². The second kappa shape index (κ2) is 7.33. The van der Waals surface area contributed by atoms with Crippen LogP contribution in [0.25, 0.3) is 15.8 Å². The van der Waals surface area contributed by atoms with E-state index in [-0.39, 0.29) is 0 Å². The van der Waals surface area contributed by atoms with E-state index >= 15 is 0 Å². The first-order chi connectivity index (χ1) is 11.3. The van der Waals surface area contributed by atoms with Crippen molar-refractivity contribution in [2.24, 2.45) is 0 Å². The number of hydrogen-bond acceptors (Lipinski definition) is 1. The zero-order chi connectivity index (χ0) is 16.1. The Morgan fingerprint density at radius 3 is 2.61 bits per heavy atom. The summed E-state index contributed by atoms with van der Waals surface area (Å²) < 4.78 is 3.83. The van der Waals surface area contributed by atoms with Gasteiger partial charge >= 0.3 is 143 Å². The Kier molecular flexibility index (Phi) is 4.98. The number of para-hydroxylation sites is 1. The molecule has 1 heterocycles. The maximum absolute atomic E-state index is 5.53. The first kappa shape index (κ1) is 15.6. The molecule has 0 fully saturated rings. The molecular weight excluding hydrogens is 347 g/mol. The summed E-state index contributed by atoms with van der Waals surface area (Å²) in [5, 5.41) is 1.39. The average molecular weight is 366 g/mol. The van der Waals surface area contributed by atoms with Crippen LogP contribution in [-0.2, 0) is 6.42 Å². The minimum atomic E-state index is 0.303. The van der Waals surface area contributed by atoms with Crippen LogP contribution in [0.3, 0.4) is 0 Å². The Labute approximate surface area is 143 Å². The fourth-order valence-electron chi connectivity index (χ4n) is 2.62. The summed E-state index contributed by atoms with van der Waals surface area (Å²) in [5.41, 5.74) is 2.51. The fourth-order valence-corrected chi connectivity index (χ4v) is 4.90. The predicted octanol–water partition coefficient (Wildman–Crippen LogP) is 3.31. The van der Waals surface area contributed by atoms with E-state index in [0.29, 0.717) is 21.3 Å². The zero-order valence-electron chi connectivity index (χ0n) is 13.1. The molecule has 0 bridgehead atoms. The Balaban J connectivity index is 1.96. The molecule has 0 aliphatic rings. The van der Waals surface area contributed by atoms with E-state index in [4.69, 9.17) is 6.42 Å². The molecule has 2 nitrogen and oxygen atoms in total. The normalized spacial score (nSPS) is 11.0. The summed E-state index contributed by atoms with van der Waals surface area (Å²) in [6, 6.07) is 18.9. The van der Waals surface area contributed by atoms with Crippen molar-refractivity contribution in [3.05, 3.63) is 66.5 Å². The van der Waals surface area contributed by atoms with E-state index in [1.165, 1.54) is 15.3 Å². The van der Waals surface area contributed by atoms with Crippen LogP contribution >= 0.6 is 0 Å². The van der Waals surface area contributed by atoms with Crippen LogP contribution in [0, 0.1) is 12.3 Å². The SMILES string of the molecule is C#CCN(C=C[n+]1[se]c2ccccc2c1CC)c1ccccc1. The molecule has 0 spiro atoms. The molecule has 1 aromatic heterocycles. The van der Waals surface area contributed by atoms with Gasteiger partial charge in [-0.25, -0.2) is 0 Å². The number of anilines is 1. The van der Waals surface area contributed by atoms with E-state index in [9.17, 15) is 0 Å². The summed E-state index contributed by atoms with van der Waals surface area (Å²) in [5.74, 6) is 2.74. The van der Waals surface area contributed by atoms with Crippen molar-refractivity contribution in [3.63, 3.8) is 0 Å². The number of nitrogens with zero attached hydrogens (tertiary/aromatic N) is 2. The van der Waals surface area contributed by atoms with Gasteiger partial charge in [0.15, 0.2) is 0 Å². The number of aryl methyl sites for hydroxylation is 1. The Morgan fingerprint density at radius 2 is 1.87 bits per heavy atom. The Bertz CT molecular complexity index is 856. The number of fused-ring (bicyclic) bond motifs is 1. The molecule has 0 amide bonds. The predicted molar refractivity (Wildman–Crippen MR) is 98.4 cm³/mol. The summed E-state index contributed by atoms with van der Waals surface area (Å²) >= 11 is 0.303. The first-order valence-corrected chi connectivity index (χ1v) is 9.31. The van der Waals surface area contributed by atoms with Crippen LogP contribution in [0.1, 0.15) is 12.6 Å². The molecule has 0 unspecified atom stereocenters. The molecule has 0 aliphatic carbocycles. The third-order valence-corrected chi connectivity index (χ3v) is 6.02. The van der Waals surface area contributed by atoms with Gasteiger partial charge in [0.1, 0.15) is 0 Å². The van der Waals surface area contributed by atoms with Crippen molar-refractivity contribution in [1.29, 1.82) is 0 Å². The molecule has 0 saturated carbocycles. The third-order valence-electron chi connectivity index (χ3n) is 3.73. The molecule has 3 rings (SSSR count). The van der Waals surface area contributed by atoms with Gasteiger partial charge in [-0.05, 0) is 0 Å². The van der Waals surface area contributed by atoms with Crippen molar-refractivity contribution in [3.8, 4) is 12.3 Å². The fraction of sp³-hybridized carbons (Fsp3) is 0.150. The molecule has 0 saturated heterocycles. The maximum atomic E-state index is 5.53. The monoisotopic (exact) mass is 367 g/mol. The van der Waals surface area contributed by atoms with Crippen molar-refractivity contribution in [2.45, 2.75) is 13.3 Å². The second-order valence-corrected chi connectivity index (χ2v) is 7.31. The summed E-state index contributed by atoms with van der Waals surface area (Å²) in [6.07, 6.45) is 10.8. The van der Waals surface area contributed by atoms with Crippen LogP contribution in [0.15, 0.2) is 60.8 Å². The van der Waals surface area contributed by atoms with Crippen molar-refractivity contribution in [1.82, 2.24) is 0 Å². The zero-order valence-corrected chi connectivity index (χ0v) is 14.9. The van der Waals surface area contributed by atoms with Gasteiger partial charge in [0.2, 0.25) is 0 Å². The topological polar surface area (TPSA) is 7.12 Å². The molecule has 3 aromatic rings. The van der Waals surface area contributed by atoms with Gasteiger partial charge in [-0.3, -0.25) is 0 Å². The van der Waals surface area contributed by atoms with Crippen LogP contribution in [0.2, 0.25) is 0 Å². The molecule has 0 N–H and O–H groups in total. The number of rotatable bonds is 5. The molecular formula is C20H19N2Se+. The molecule has 23 heavy (non-hydrogen) atoms. The minimum absolute atomic E-state index is 0.303. The number of aromatic nitrogens is 1. The molecule has 0 atom stereocenters. The van der Waals surface area contributed by atoms with E-state index in [0.717, 1.165) is 12.1 Å². The van der Waals surface area contributed by atoms with Crippen molar-refractivity contribution < 1.29 is 3.56 Å². The van der Waals surface area contributed by atoms with E-state index < -0.39 is 0 Å². The molecule has 3 heteroatoms. The quantitative estimate of drug-likeness (QED) is 0.496. The summed E-state index contributed by atoms with van der Waals surface area (Å²) in [7, 11) is 0. The van der Waals surface area contributed by atoms with E-state index in [2.05, 4.69) is 70.1 Å². The standard InChI is InChI=1S/C20H19N2Se/c1-3-14-21(17-10-6-5-7-11-17)15-16-22-19(4-2)18-12-8-9-13-20(18)23-22/h1,5-13,15-16H,4,14H2,2H3/q+1. The van der Waals surface area contributed by atoms with E-state index in [1.807, 2.05) is 18.2 Å². The van der Waals surface area contributed by atoms with E-state index in [1.54, 1.807) is 0 Å². The van der Waals surface area contributed by atoms with Gasteiger partial charge in [-0.1, -0.05) is 0 Å². The molecule has 2 aromatic carbocycles. The summed E-state index contributed by atoms with van der Waals surface area (Å²) in [6.45, 7) is 2.78. The number of benzene rings is 2. The van der Waals surface area contributed by atoms with Crippen molar-refractivity contribution in [2.75, 3.05) is 11.4 Å². The Morgan fingerprint density at radius 1 is 1.13 bits per heavy atom. The van der Waals surface area contributed by atoms with Crippen LogP contribution < -0.4 is 8.46 Å². The van der Waals surface area contributed by atoms with Gasteiger partial charge in [0.25, 0.3) is 0 Å². The van der Waals surface area contributed by atoms with Crippen molar-refractivity contribution >= 4 is 36.3 Å². The molecule has 114 valence electrons. The summed E-state index contributed by atoms with van der Waals surface area (Å²) in [4.78, 5) is 2.10. The first-order valence-electron chi connectivity index (χ1n) is 7.69. The Hall–Kier alpha value is -2.27. The average Bonchev–Trinajstić information content (AvgIpc) is 2.96. The molecule has 0 aliphatic heterocycles. The van der Waals surface area contributed by atoms with Gasteiger partial charge < -0.3 is 0 Å². The number of terminal acetylenes is 1. The third kappa shape index (κ3) is 3.40. The van der Waals surface area contributed by atoms with Gasteiger partial charge in [0.05, 0.1) is 0 Å². The van der Waals surface area contributed by atoms with Crippen LogP contribution in [0.5, 0.6) is 0 Å².